The molecule has 4 aromatic rings. The van der Waals surface area contributed by atoms with Gasteiger partial charge in [0.05, 0.1) is 0 Å². The second-order valence-electron chi connectivity index (χ2n) is 7.28. The Labute approximate surface area is 189 Å². The Morgan fingerprint density at radius 2 is 1.78 bits per heavy atom. The number of carbonyl (C=O) groups is 1. The van der Waals surface area contributed by atoms with Gasteiger partial charge in [-0.2, -0.15) is 5.10 Å². The molecule has 162 valence electrons. The van der Waals surface area contributed by atoms with Crippen molar-refractivity contribution in [1.82, 2.24) is 20.1 Å². The normalized spacial score (nSPS) is 10.7. The van der Waals surface area contributed by atoms with Gasteiger partial charge in [0, 0.05) is 12.1 Å². The van der Waals surface area contributed by atoms with Crippen molar-refractivity contribution in [3.8, 4) is 22.9 Å². The number of aromatic amines is 1. The second kappa shape index (κ2) is 9.57. The summed E-state index contributed by atoms with van der Waals surface area (Å²) in [7, 11) is 0. The minimum atomic E-state index is -0.314. The highest BCUT2D eigenvalue weighted by Crippen LogP contribution is 2.22. The third-order valence-electron chi connectivity index (χ3n) is 4.80. The first-order valence-corrected chi connectivity index (χ1v) is 10.4. The van der Waals surface area contributed by atoms with Gasteiger partial charge in [-0.3, -0.25) is 14.5 Å². The van der Waals surface area contributed by atoms with Gasteiger partial charge in [-0.05, 0) is 67.2 Å². The van der Waals surface area contributed by atoms with Crippen LogP contribution in [-0.4, -0.2) is 20.7 Å². The minimum Gasteiger partial charge on any atom is -0.457 e. The van der Waals surface area contributed by atoms with Gasteiger partial charge in [0.15, 0.2) is 10.6 Å². The van der Waals surface area contributed by atoms with E-state index in [0.29, 0.717) is 28.6 Å². The van der Waals surface area contributed by atoms with Crippen molar-refractivity contribution in [1.29, 1.82) is 0 Å². The minimum absolute atomic E-state index is 0.0599. The van der Waals surface area contributed by atoms with E-state index >= 15 is 0 Å². The molecule has 0 unspecified atom stereocenters. The number of rotatable bonds is 7. The predicted molar refractivity (Wildman–Crippen MR) is 122 cm³/mol. The Bertz CT molecular complexity index is 1280. The molecule has 0 fully saturated rings. The van der Waals surface area contributed by atoms with E-state index < -0.39 is 0 Å². The van der Waals surface area contributed by atoms with Crippen LogP contribution in [0.5, 0.6) is 11.5 Å². The lowest BCUT2D eigenvalue weighted by Gasteiger charge is -2.10. The maximum absolute atomic E-state index is 13.0. The average Bonchev–Trinajstić information content (AvgIpc) is 3.15. The number of aromatic nitrogens is 3. The lowest BCUT2D eigenvalue weighted by atomic mass is 10.1. The fourth-order valence-electron chi connectivity index (χ4n) is 3.18. The van der Waals surface area contributed by atoms with Crippen LogP contribution in [0.2, 0.25) is 0 Å². The predicted octanol–water partition coefficient (Wildman–Crippen LogP) is 5.16. The molecule has 0 atom stereocenters. The number of nitrogens with one attached hydrogen (secondary N) is 2. The number of amides is 1. The molecule has 2 N–H and O–H groups in total. The summed E-state index contributed by atoms with van der Waals surface area (Å²) in [4.78, 5) is 12.5. The van der Waals surface area contributed by atoms with Crippen LogP contribution in [0.25, 0.3) is 11.4 Å². The fraction of sp³-hybridized carbons (Fsp3) is 0.125. The third-order valence-corrected chi connectivity index (χ3v) is 5.11. The van der Waals surface area contributed by atoms with Crippen LogP contribution in [0.4, 0.5) is 4.39 Å². The van der Waals surface area contributed by atoms with Gasteiger partial charge in [0.25, 0.3) is 0 Å². The Balaban J connectivity index is 1.36. The Hall–Kier alpha value is -3.78. The molecular formula is C24H21FN4O2S. The van der Waals surface area contributed by atoms with Gasteiger partial charge in [0.1, 0.15) is 23.9 Å². The lowest BCUT2D eigenvalue weighted by Crippen LogP contribution is -2.27. The molecule has 0 bridgehead atoms. The van der Waals surface area contributed by atoms with E-state index in [9.17, 15) is 9.18 Å². The molecule has 0 aliphatic rings. The van der Waals surface area contributed by atoms with Crippen LogP contribution in [-0.2, 0) is 17.9 Å². The topological polar surface area (TPSA) is 71.9 Å². The zero-order chi connectivity index (χ0) is 22.5. The van der Waals surface area contributed by atoms with Crippen LogP contribution < -0.4 is 10.1 Å². The number of nitrogens with zero attached hydrogens (tertiary/aromatic N) is 2. The number of hydrogen-bond donors (Lipinski definition) is 2. The zero-order valence-corrected chi connectivity index (χ0v) is 18.2. The van der Waals surface area contributed by atoms with Gasteiger partial charge in [-0.25, -0.2) is 4.39 Å². The number of ether oxygens (including phenoxy) is 1. The van der Waals surface area contributed by atoms with Crippen molar-refractivity contribution in [2.75, 3.05) is 0 Å². The number of benzene rings is 3. The molecular weight excluding hydrogens is 427 g/mol. The van der Waals surface area contributed by atoms with Gasteiger partial charge in [-0.1, -0.05) is 35.9 Å². The lowest BCUT2D eigenvalue weighted by molar-refractivity contribution is -0.121. The zero-order valence-electron chi connectivity index (χ0n) is 17.3. The summed E-state index contributed by atoms with van der Waals surface area (Å²) < 4.78 is 20.7. The summed E-state index contributed by atoms with van der Waals surface area (Å²) in [6.07, 6.45) is 0. The third kappa shape index (κ3) is 5.28. The first-order chi connectivity index (χ1) is 15.5. The van der Waals surface area contributed by atoms with Gasteiger partial charge >= 0.3 is 0 Å². The molecule has 0 aliphatic carbocycles. The largest absolute Gasteiger partial charge is 0.457 e. The number of carbonyl (C=O) groups excluding carboxylic acids is 1. The highest BCUT2D eigenvalue weighted by Gasteiger charge is 2.12. The van der Waals surface area contributed by atoms with E-state index in [1.165, 1.54) is 12.1 Å². The smallest absolute Gasteiger partial charge is 0.240 e. The van der Waals surface area contributed by atoms with Crippen molar-refractivity contribution in [3.05, 3.63) is 94.5 Å². The molecule has 1 heterocycles. The van der Waals surface area contributed by atoms with Gasteiger partial charge < -0.3 is 10.1 Å². The SMILES string of the molecule is Cc1cccc(-c2n[nH]c(=S)n2CC(=O)NCc2ccc(Oc3ccc(F)cc3)cc2)c1. The van der Waals surface area contributed by atoms with E-state index in [1.807, 2.05) is 43.3 Å². The number of aryl methyl sites for hydroxylation is 1. The molecule has 0 aliphatic heterocycles. The van der Waals surface area contributed by atoms with Crippen LogP contribution >= 0.6 is 12.2 Å². The van der Waals surface area contributed by atoms with E-state index in [1.54, 1.807) is 28.8 Å². The maximum Gasteiger partial charge on any atom is 0.240 e. The van der Waals surface area contributed by atoms with Crippen molar-refractivity contribution in [2.24, 2.45) is 0 Å². The molecule has 0 spiro atoms. The van der Waals surface area contributed by atoms with Crippen LogP contribution in [0.15, 0.2) is 72.8 Å². The fourth-order valence-corrected chi connectivity index (χ4v) is 3.38. The van der Waals surface area contributed by atoms with Crippen molar-refractivity contribution < 1.29 is 13.9 Å². The van der Waals surface area contributed by atoms with Crippen LogP contribution in [0, 0.1) is 17.5 Å². The molecule has 32 heavy (non-hydrogen) atoms. The standard InChI is InChI=1S/C24H21FN4O2S/c1-16-3-2-4-18(13-16)23-27-28-24(32)29(23)15-22(30)26-14-17-5-9-20(10-6-17)31-21-11-7-19(25)8-12-21/h2-13H,14-15H2,1H3,(H,26,30)(H,28,32). The molecule has 4 rings (SSSR count). The molecule has 6 nitrogen and oxygen atoms in total. The quantitative estimate of drug-likeness (QED) is 0.383. The van der Waals surface area contributed by atoms with Crippen molar-refractivity contribution in [2.45, 2.75) is 20.0 Å². The summed E-state index contributed by atoms with van der Waals surface area (Å²) in [5.74, 6) is 1.30. The molecule has 1 amide bonds. The summed E-state index contributed by atoms with van der Waals surface area (Å²) in [5, 5.41) is 9.94. The van der Waals surface area contributed by atoms with Crippen molar-refractivity contribution in [3.63, 3.8) is 0 Å². The van der Waals surface area contributed by atoms with Crippen molar-refractivity contribution >= 4 is 18.1 Å². The molecule has 0 saturated carbocycles. The molecule has 8 heteroatoms. The average molecular weight is 449 g/mol. The second-order valence-corrected chi connectivity index (χ2v) is 7.67. The summed E-state index contributed by atoms with van der Waals surface area (Å²) in [5.41, 5.74) is 2.90. The highest BCUT2D eigenvalue weighted by molar-refractivity contribution is 7.71. The van der Waals surface area contributed by atoms with Crippen LogP contribution in [0.1, 0.15) is 11.1 Å². The maximum atomic E-state index is 13.0. The number of hydrogen-bond acceptors (Lipinski definition) is 4. The molecule has 1 aromatic heterocycles. The van der Waals surface area contributed by atoms with E-state index in [2.05, 4.69) is 15.5 Å². The highest BCUT2D eigenvalue weighted by atomic mass is 32.1. The first-order valence-electron chi connectivity index (χ1n) is 9.99. The Morgan fingerprint density at radius 1 is 1.09 bits per heavy atom. The van der Waals surface area contributed by atoms with Gasteiger partial charge in [-0.15, -0.1) is 0 Å². The van der Waals surface area contributed by atoms with E-state index in [4.69, 9.17) is 17.0 Å². The van der Waals surface area contributed by atoms with E-state index in [-0.39, 0.29) is 18.3 Å². The molecule has 0 radical (unpaired) electrons. The number of halogens is 1. The molecule has 0 saturated heterocycles. The summed E-state index contributed by atoms with van der Waals surface area (Å²) >= 11 is 5.31. The molecule has 3 aromatic carbocycles. The van der Waals surface area contributed by atoms with E-state index in [0.717, 1.165) is 16.7 Å². The Morgan fingerprint density at radius 3 is 2.47 bits per heavy atom. The van der Waals surface area contributed by atoms with Crippen LogP contribution in [0.3, 0.4) is 0 Å². The Kier molecular flexibility index (Phi) is 6.42. The van der Waals surface area contributed by atoms with Gasteiger partial charge in [0.2, 0.25) is 5.91 Å². The first kappa shape index (κ1) is 21.5. The number of H-pyrrole nitrogens is 1. The summed E-state index contributed by atoms with van der Waals surface area (Å²) in [6, 6.07) is 21.0. The monoisotopic (exact) mass is 448 g/mol. The summed E-state index contributed by atoms with van der Waals surface area (Å²) in [6.45, 7) is 2.42.